The molecule has 1 aromatic rings. The summed E-state index contributed by atoms with van der Waals surface area (Å²) >= 11 is 0. The number of hydrogen-bond donors (Lipinski definition) is 2. The lowest BCUT2D eigenvalue weighted by molar-refractivity contribution is -0.121. The Labute approximate surface area is 147 Å². The zero-order valence-corrected chi connectivity index (χ0v) is 15.6. The quantitative estimate of drug-likeness (QED) is 0.760. The van der Waals surface area contributed by atoms with Gasteiger partial charge in [-0.05, 0) is 46.8 Å². The van der Waals surface area contributed by atoms with Gasteiger partial charge in [0.15, 0.2) is 5.78 Å². The monoisotopic (exact) mass is 370 g/mol. The summed E-state index contributed by atoms with van der Waals surface area (Å²) in [5, 5.41) is 2.25. The fourth-order valence-electron chi connectivity index (χ4n) is 1.71. The number of ether oxygens (including phenoxy) is 1. The SMILES string of the molecule is CC(=O)c1cccc(S(=O)(=O)NC(=O)[C@H](C)NC(=O)OC(C)(C)C)c1. The first-order chi connectivity index (χ1) is 11.3. The molecule has 0 saturated carbocycles. The van der Waals surface area contributed by atoms with Gasteiger partial charge in [0, 0.05) is 5.56 Å². The predicted octanol–water partition coefficient (Wildman–Crippen LogP) is 1.61. The van der Waals surface area contributed by atoms with Gasteiger partial charge in [-0.3, -0.25) is 9.59 Å². The van der Waals surface area contributed by atoms with Crippen LogP contribution in [0.15, 0.2) is 29.2 Å². The first-order valence-electron chi connectivity index (χ1n) is 7.49. The van der Waals surface area contributed by atoms with E-state index in [-0.39, 0.29) is 16.2 Å². The maximum Gasteiger partial charge on any atom is 0.408 e. The molecule has 0 radical (unpaired) electrons. The van der Waals surface area contributed by atoms with Crippen molar-refractivity contribution < 1.29 is 27.5 Å². The second-order valence-corrected chi connectivity index (χ2v) is 8.10. The Kier molecular flexibility index (Phi) is 6.31. The summed E-state index contributed by atoms with van der Waals surface area (Å²) in [4.78, 5) is 34.8. The Bertz CT molecular complexity index is 780. The van der Waals surface area contributed by atoms with E-state index < -0.39 is 33.7 Å². The van der Waals surface area contributed by atoms with Crippen LogP contribution in [0.4, 0.5) is 4.79 Å². The molecule has 8 nitrogen and oxygen atoms in total. The molecule has 2 amide bonds. The molecule has 0 aromatic heterocycles. The van der Waals surface area contributed by atoms with Gasteiger partial charge in [0.25, 0.3) is 15.9 Å². The molecule has 2 N–H and O–H groups in total. The number of carbonyl (C=O) groups is 3. The number of benzene rings is 1. The van der Waals surface area contributed by atoms with Crippen LogP contribution in [0.1, 0.15) is 45.0 Å². The molecule has 25 heavy (non-hydrogen) atoms. The summed E-state index contributed by atoms with van der Waals surface area (Å²) in [5.74, 6) is -1.23. The number of hydrogen-bond acceptors (Lipinski definition) is 6. The van der Waals surface area contributed by atoms with Crippen molar-refractivity contribution in [1.82, 2.24) is 10.0 Å². The smallest absolute Gasteiger partial charge is 0.408 e. The van der Waals surface area contributed by atoms with E-state index in [1.54, 1.807) is 20.8 Å². The molecule has 1 atom stereocenters. The van der Waals surface area contributed by atoms with Gasteiger partial charge < -0.3 is 10.1 Å². The maximum absolute atomic E-state index is 12.2. The Morgan fingerprint density at radius 1 is 1.16 bits per heavy atom. The minimum atomic E-state index is -4.18. The molecule has 0 unspecified atom stereocenters. The van der Waals surface area contributed by atoms with Gasteiger partial charge in [0.05, 0.1) is 4.90 Å². The molecular weight excluding hydrogens is 348 g/mol. The molecule has 1 rings (SSSR count). The van der Waals surface area contributed by atoms with Crippen molar-refractivity contribution in [2.24, 2.45) is 0 Å². The highest BCUT2D eigenvalue weighted by Gasteiger charge is 2.25. The van der Waals surface area contributed by atoms with Crippen LogP contribution in [0.2, 0.25) is 0 Å². The molecule has 138 valence electrons. The van der Waals surface area contributed by atoms with Crippen LogP contribution in [0, 0.1) is 0 Å². The minimum absolute atomic E-state index is 0.204. The van der Waals surface area contributed by atoms with Crippen molar-refractivity contribution >= 4 is 27.8 Å². The van der Waals surface area contributed by atoms with E-state index in [1.807, 2.05) is 4.72 Å². The number of ketones is 1. The molecule has 0 aliphatic carbocycles. The lowest BCUT2D eigenvalue weighted by atomic mass is 10.2. The number of rotatable bonds is 5. The summed E-state index contributed by atoms with van der Waals surface area (Å²) in [5.41, 5.74) is -0.547. The standard InChI is InChI=1S/C16H22N2O6S/c1-10(17-15(21)24-16(3,4)5)14(20)18-25(22,23)13-8-6-7-12(9-13)11(2)19/h6-10H,1-5H3,(H,17,21)(H,18,20)/t10-/m0/s1. The van der Waals surface area contributed by atoms with Gasteiger partial charge in [0.2, 0.25) is 0 Å². The second-order valence-electron chi connectivity index (χ2n) is 6.42. The summed E-state index contributed by atoms with van der Waals surface area (Å²) in [7, 11) is -4.18. The molecule has 9 heteroatoms. The lowest BCUT2D eigenvalue weighted by Crippen LogP contribution is -2.47. The van der Waals surface area contributed by atoms with E-state index in [2.05, 4.69) is 5.32 Å². The molecule has 0 bridgehead atoms. The third kappa shape index (κ3) is 6.54. The highest BCUT2D eigenvalue weighted by atomic mass is 32.2. The Balaban J connectivity index is 2.82. The van der Waals surface area contributed by atoms with Gasteiger partial charge in [-0.2, -0.15) is 0 Å². The van der Waals surface area contributed by atoms with E-state index in [9.17, 15) is 22.8 Å². The Morgan fingerprint density at radius 2 is 1.76 bits per heavy atom. The molecule has 0 heterocycles. The first kappa shape index (κ1) is 20.6. The highest BCUT2D eigenvalue weighted by molar-refractivity contribution is 7.90. The largest absolute Gasteiger partial charge is 0.444 e. The van der Waals surface area contributed by atoms with E-state index in [0.717, 1.165) is 0 Å². The second kappa shape index (κ2) is 7.64. The van der Waals surface area contributed by atoms with Gasteiger partial charge in [-0.15, -0.1) is 0 Å². The summed E-state index contributed by atoms with van der Waals surface area (Å²) in [6.45, 7) is 7.59. The third-order valence-corrected chi connectivity index (χ3v) is 4.26. The summed E-state index contributed by atoms with van der Waals surface area (Å²) < 4.78 is 31.4. The van der Waals surface area contributed by atoms with Crippen LogP contribution in [0.5, 0.6) is 0 Å². The number of carbonyl (C=O) groups excluding carboxylic acids is 3. The summed E-state index contributed by atoms with van der Waals surface area (Å²) in [6, 6.07) is 4.16. The predicted molar refractivity (Wildman–Crippen MR) is 90.6 cm³/mol. The van der Waals surface area contributed by atoms with E-state index >= 15 is 0 Å². The fourth-order valence-corrected chi connectivity index (χ4v) is 2.81. The highest BCUT2D eigenvalue weighted by Crippen LogP contribution is 2.12. The normalized spacial score (nSPS) is 12.8. The minimum Gasteiger partial charge on any atom is -0.444 e. The van der Waals surface area contributed by atoms with Crippen LogP contribution < -0.4 is 10.0 Å². The van der Waals surface area contributed by atoms with Crippen molar-refractivity contribution in [3.63, 3.8) is 0 Å². The zero-order valence-electron chi connectivity index (χ0n) is 14.7. The summed E-state index contributed by atoms with van der Waals surface area (Å²) in [6.07, 6.45) is -0.842. The lowest BCUT2D eigenvalue weighted by Gasteiger charge is -2.21. The molecule has 1 aromatic carbocycles. The molecule has 0 fully saturated rings. The molecular formula is C16H22N2O6S. The van der Waals surface area contributed by atoms with Crippen LogP contribution >= 0.6 is 0 Å². The van der Waals surface area contributed by atoms with Gasteiger partial charge >= 0.3 is 6.09 Å². The van der Waals surface area contributed by atoms with Crippen molar-refractivity contribution in [1.29, 1.82) is 0 Å². The van der Waals surface area contributed by atoms with Crippen molar-refractivity contribution in [3.8, 4) is 0 Å². The van der Waals surface area contributed by atoms with Gasteiger partial charge in [0.1, 0.15) is 11.6 Å². The fraction of sp³-hybridized carbons (Fsp3) is 0.438. The molecule has 0 aliphatic heterocycles. The average molecular weight is 370 g/mol. The Hall–Kier alpha value is -2.42. The van der Waals surface area contributed by atoms with E-state index in [4.69, 9.17) is 4.74 Å². The van der Waals surface area contributed by atoms with Crippen LogP contribution in [-0.4, -0.2) is 37.8 Å². The first-order valence-corrected chi connectivity index (χ1v) is 8.97. The number of nitrogens with one attached hydrogen (secondary N) is 2. The maximum atomic E-state index is 12.2. The molecule has 0 saturated heterocycles. The van der Waals surface area contributed by atoms with Crippen molar-refractivity contribution in [2.75, 3.05) is 0 Å². The van der Waals surface area contributed by atoms with Gasteiger partial charge in [-0.25, -0.2) is 17.9 Å². The average Bonchev–Trinajstić information content (AvgIpc) is 2.44. The van der Waals surface area contributed by atoms with Crippen LogP contribution in [0.25, 0.3) is 0 Å². The van der Waals surface area contributed by atoms with Crippen LogP contribution in [-0.2, 0) is 19.6 Å². The van der Waals surface area contributed by atoms with Gasteiger partial charge in [-0.1, -0.05) is 12.1 Å². The van der Waals surface area contributed by atoms with Crippen molar-refractivity contribution in [3.05, 3.63) is 29.8 Å². The van der Waals surface area contributed by atoms with E-state index in [1.165, 1.54) is 38.1 Å². The number of sulfonamides is 1. The van der Waals surface area contributed by atoms with E-state index in [0.29, 0.717) is 0 Å². The number of Topliss-reactive ketones (excluding diaryl/α,β-unsaturated/α-hetero) is 1. The van der Waals surface area contributed by atoms with Crippen LogP contribution in [0.3, 0.4) is 0 Å². The number of alkyl carbamates (subject to hydrolysis) is 1. The molecule has 0 spiro atoms. The zero-order chi connectivity index (χ0) is 19.4. The molecule has 0 aliphatic rings. The number of amides is 2. The third-order valence-electron chi connectivity index (χ3n) is 2.91. The Morgan fingerprint density at radius 3 is 2.28 bits per heavy atom. The topological polar surface area (TPSA) is 119 Å². The van der Waals surface area contributed by atoms with Crippen molar-refractivity contribution in [2.45, 2.75) is 51.2 Å².